The average Bonchev–Trinajstić information content (AvgIpc) is 1.71. The molecule has 0 saturated heterocycles. The van der Waals surface area contributed by atoms with Crippen LogP contribution in [0.1, 0.15) is 128 Å². The fraction of sp³-hybridized carbons (Fsp3) is 0.253. The molecule has 3 aromatic heterocycles. The van der Waals surface area contributed by atoms with Crippen molar-refractivity contribution in [3.05, 3.63) is 247 Å². The summed E-state index contributed by atoms with van der Waals surface area (Å²) in [5, 5.41) is 28.5. The van der Waals surface area contributed by atoms with Gasteiger partial charge in [0.2, 0.25) is 0 Å². The first-order chi connectivity index (χ1) is 38.8. The molecule has 6 heteroatoms. The van der Waals surface area contributed by atoms with Crippen LogP contribution in [0.25, 0.3) is 89.1 Å². The van der Waals surface area contributed by atoms with Crippen molar-refractivity contribution in [2.75, 3.05) is 0 Å². The van der Waals surface area contributed by atoms with Gasteiger partial charge in [0.15, 0.2) is 0 Å². The van der Waals surface area contributed by atoms with Crippen molar-refractivity contribution >= 4 is 21.8 Å². The summed E-state index contributed by atoms with van der Waals surface area (Å²) >= 11 is 0. The molecule has 0 aliphatic heterocycles. The van der Waals surface area contributed by atoms with Gasteiger partial charge < -0.3 is 34.2 Å². The second-order valence-electron chi connectivity index (χ2n) is 27.0. The number of aromatic nitrogens is 3. The second kappa shape index (κ2) is 24.1. The van der Waals surface area contributed by atoms with Crippen molar-refractivity contribution in [3.8, 4) is 78.8 Å². The number of fused-ring (bicyclic) bond motifs is 2. The molecule has 432 valence electrons. The first kappa shape index (κ1) is 63.5. The summed E-state index contributed by atoms with van der Waals surface area (Å²) in [6.45, 7) is 32.5. The molecule has 11 rings (SSSR count). The van der Waals surface area contributed by atoms with E-state index in [0.29, 0.717) is 13.1 Å². The minimum absolute atomic E-state index is 0. The van der Waals surface area contributed by atoms with E-state index in [1.54, 1.807) is 0 Å². The molecule has 2 N–H and O–H groups in total. The van der Waals surface area contributed by atoms with Crippen LogP contribution >= 0.6 is 0 Å². The molecule has 0 saturated carbocycles. The summed E-state index contributed by atoms with van der Waals surface area (Å²) in [5.41, 5.74) is 21.1. The van der Waals surface area contributed by atoms with Crippen LogP contribution in [0, 0.1) is 28.7 Å². The van der Waals surface area contributed by atoms with Crippen molar-refractivity contribution in [3.63, 3.8) is 0 Å². The standard InChI is InChI=1S/C77H79N3O2.2CH3.Zr/c1-48-36-60(52-40-54(74(3,4)5)44-55(41-52)75(6,7)8)72(81)62(38-48)70-68(58-30-21-23-34-66(58)79(70)46-50-26-17-15-18-27-50)64-32-25-33-65(78-64)69-59-31-22-24-35-67(59)80(47-51-28-19-16-20-29-51)71(69)63-39-49(2)37-61(73(63)82)53-42-56(76(9,10)11)45-57(43-53)77(12,13)14;;;/h15-45,81-82H,46-47H2,1-14H3;2*1H3;/q;2*-1;+2. The predicted molar refractivity (Wildman–Crippen MR) is 359 cm³/mol. The molecular formula is C79H85N3O2Zr. The van der Waals surface area contributed by atoms with E-state index in [1.807, 2.05) is 0 Å². The molecule has 3 heterocycles. The van der Waals surface area contributed by atoms with Gasteiger partial charge in [-0.1, -0.05) is 223 Å². The van der Waals surface area contributed by atoms with Crippen molar-refractivity contribution in [1.82, 2.24) is 14.1 Å². The summed E-state index contributed by atoms with van der Waals surface area (Å²) in [6, 6.07) is 67.1. The predicted octanol–water partition coefficient (Wildman–Crippen LogP) is 21.2. The topological polar surface area (TPSA) is 63.2 Å². The van der Waals surface area contributed by atoms with Gasteiger partial charge >= 0.3 is 26.2 Å². The number of nitrogens with zero attached hydrogens (tertiary/aromatic N) is 3. The molecule has 0 spiro atoms. The quantitative estimate of drug-likeness (QED) is 0.134. The summed E-state index contributed by atoms with van der Waals surface area (Å²) in [5.74, 6) is 0.455. The molecule has 0 unspecified atom stereocenters. The van der Waals surface area contributed by atoms with Crippen molar-refractivity contribution in [2.24, 2.45) is 0 Å². The number of hydrogen-bond acceptors (Lipinski definition) is 3. The third-order valence-electron chi connectivity index (χ3n) is 16.5. The third-order valence-corrected chi connectivity index (χ3v) is 16.5. The van der Waals surface area contributed by atoms with E-state index in [9.17, 15) is 10.2 Å². The number of hydrogen-bond donors (Lipinski definition) is 2. The number of phenolic OH excluding ortho intramolecular Hbond substituents is 2. The molecule has 0 bridgehead atoms. The molecule has 0 aliphatic carbocycles. The minimum atomic E-state index is -0.119. The van der Waals surface area contributed by atoms with E-state index < -0.39 is 0 Å². The molecule has 0 amide bonds. The largest absolute Gasteiger partial charge is 2.00 e. The van der Waals surface area contributed by atoms with Gasteiger partial charge in [-0.2, -0.15) is 0 Å². The Morgan fingerprint density at radius 2 is 0.671 bits per heavy atom. The zero-order valence-corrected chi connectivity index (χ0v) is 55.5. The average molecular weight is 1200 g/mol. The number of aryl methyl sites for hydroxylation is 2. The van der Waals surface area contributed by atoms with E-state index in [4.69, 9.17) is 4.98 Å². The van der Waals surface area contributed by atoms with Gasteiger partial charge in [-0.25, -0.2) is 4.98 Å². The maximum Gasteiger partial charge on any atom is 2.00 e. The Kier molecular flexibility index (Phi) is 18.0. The van der Waals surface area contributed by atoms with Crippen LogP contribution in [0.3, 0.4) is 0 Å². The smallest absolute Gasteiger partial charge is 0.507 e. The Labute approximate surface area is 526 Å². The number of rotatable bonds is 10. The zero-order valence-electron chi connectivity index (χ0n) is 53.0. The van der Waals surface area contributed by atoms with E-state index in [-0.39, 0.29) is 74.2 Å². The first-order valence-electron chi connectivity index (χ1n) is 29.1. The van der Waals surface area contributed by atoms with Gasteiger partial charge in [0, 0.05) is 68.3 Å². The number of aromatic hydroxyl groups is 2. The number of para-hydroxylation sites is 2. The van der Waals surface area contributed by atoms with Crippen LogP contribution in [-0.2, 0) is 61.0 Å². The van der Waals surface area contributed by atoms with Gasteiger partial charge in [0.25, 0.3) is 0 Å². The molecule has 5 nitrogen and oxygen atoms in total. The minimum Gasteiger partial charge on any atom is -0.507 e. The number of pyridine rings is 1. The Morgan fingerprint density at radius 1 is 0.365 bits per heavy atom. The van der Waals surface area contributed by atoms with E-state index in [1.165, 1.54) is 22.3 Å². The summed E-state index contributed by atoms with van der Waals surface area (Å²) < 4.78 is 4.75. The van der Waals surface area contributed by atoms with Gasteiger partial charge in [0.05, 0.1) is 22.8 Å². The summed E-state index contributed by atoms with van der Waals surface area (Å²) in [6.07, 6.45) is 0. The molecule has 0 radical (unpaired) electrons. The van der Waals surface area contributed by atoms with Gasteiger partial charge in [-0.15, -0.1) is 0 Å². The van der Waals surface area contributed by atoms with Crippen molar-refractivity contribution < 1.29 is 36.4 Å². The maximum absolute atomic E-state index is 13.2. The van der Waals surface area contributed by atoms with Crippen molar-refractivity contribution in [2.45, 2.75) is 132 Å². The Bertz CT molecular complexity index is 3890. The zero-order chi connectivity index (χ0) is 58.2. The molecular weight excluding hydrogens is 1110 g/mol. The number of phenols is 2. The maximum atomic E-state index is 13.2. The van der Waals surface area contributed by atoms with E-state index in [2.05, 4.69) is 294 Å². The molecule has 8 aromatic carbocycles. The number of benzene rings is 8. The van der Waals surface area contributed by atoms with Crippen LogP contribution in [0.4, 0.5) is 0 Å². The normalized spacial score (nSPS) is 12.0. The fourth-order valence-electron chi connectivity index (χ4n) is 11.9. The molecule has 85 heavy (non-hydrogen) atoms. The van der Waals surface area contributed by atoms with Crippen LogP contribution in [0.5, 0.6) is 11.5 Å². The molecule has 0 fully saturated rings. The van der Waals surface area contributed by atoms with Gasteiger partial charge in [-0.05, 0) is 140 Å². The van der Waals surface area contributed by atoms with E-state index >= 15 is 0 Å². The Morgan fingerprint density at radius 3 is 1.00 bits per heavy atom. The van der Waals surface area contributed by atoms with Crippen LogP contribution in [0.2, 0.25) is 0 Å². The Balaban J connectivity index is 0.00000313. The van der Waals surface area contributed by atoms with Crippen LogP contribution in [0.15, 0.2) is 188 Å². The van der Waals surface area contributed by atoms with Gasteiger partial charge in [-0.3, -0.25) is 0 Å². The third kappa shape index (κ3) is 12.5. The summed E-state index contributed by atoms with van der Waals surface area (Å²) in [7, 11) is 0. The van der Waals surface area contributed by atoms with Gasteiger partial charge in [0.1, 0.15) is 11.5 Å². The second-order valence-corrected chi connectivity index (χ2v) is 27.0. The van der Waals surface area contributed by atoms with Crippen molar-refractivity contribution in [1.29, 1.82) is 0 Å². The Hall–Kier alpha value is -7.53. The van der Waals surface area contributed by atoms with Crippen LogP contribution < -0.4 is 0 Å². The molecule has 11 aromatic rings. The van der Waals surface area contributed by atoms with Crippen LogP contribution in [-0.4, -0.2) is 24.3 Å². The molecule has 0 aliphatic rings. The monoisotopic (exact) mass is 1200 g/mol. The first-order valence-corrected chi connectivity index (χ1v) is 29.1. The van der Waals surface area contributed by atoms with E-state index in [0.717, 1.165) is 111 Å². The SMILES string of the molecule is Cc1cc(-c2cc(C(C)(C)C)cc(C(C)(C)C)c2)c(O)c(-c2c(-c3cccc(-c4c(-c5cc(C)cc(-c6cc(C(C)(C)C)cc(C(C)(C)C)c6)c5O)n(Cc5ccccc5)c5ccccc45)n3)c3ccccc3n2Cc2ccccc2)c1.[CH3-].[CH3-].[Zr+2]. The fourth-order valence-corrected chi connectivity index (χ4v) is 11.9. The summed E-state index contributed by atoms with van der Waals surface area (Å²) in [4.78, 5) is 5.86. The molecule has 0 atom stereocenters.